The topological polar surface area (TPSA) is 66.5 Å². The van der Waals surface area contributed by atoms with Crippen molar-refractivity contribution < 1.29 is 13.2 Å². The molecule has 1 aliphatic rings. The van der Waals surface area contributed by atoms with Gasteiger partial charge >= 0.3 is 0 Å². The molecule has 2 aromatic rings. The highest BCUT2D eigenvalue weighted by molar-refractivity contribution is 7.89. The minimum atomic E-state index is -3.57. The van der Waals surface area contributed by atoms with Crippen LogP contribution in [0.4, 0.5) is 5.69 Å². The Kier molecular flexibility index (Phi) is 6.19. The number of benzene rings is 2. The summed E-state index contributed by atoms with van der Waals surface area (Å²) < 4.78 is 27.2. The molecule has 1 N–H and O–H groups in total. The van der Waals surface area contributed by atoms with Crippen LogP contribution in [0.1, 0.15) is 30.1 Å². The van der Waals surface area contributed by atoms with Crippen molar-refractivity contribution in [1.82, 2.24) is 4.31 Å². The summed E-state index contributed by atoms with van der Waals surface area (Å²) in [6.07, 6.45) is 1.73. The van der Waals surface area contributed by atoms with E-state index in [9.17, 15) is 13.2 Å². The molecule has 0 aliphatic carbocycles. The van der Waals surface area contributed by atoms with Crippen LogP contribution in [0.25, 0.3) is 0 Å². The SMILES string of the molecule is CC1CCN(S(=O)(=O)c2cccc(C(=O)CNc3ccc(Cl)cc3)c2)CC1. The maximum absolute atomic E-state index is 12.9. The Morgan fingerprint density at radius 3 is 2.48 bits per heavy atom. The van der Waals surface area contributed by atoms with Crippen molar-refractivity contribution in [2.45, 2.75) is 24.7 Å². The summed E-state index contributed by atoms with van der Waals surface area (Å²) in [7, 11) is -3.57. The Hall–Kier alpha value is -1.89. The van der Waals surface area contributed by atoms with Crippen molar-refractivity contribution in [1.29, 1.82) is 0 Å². The molecule has 0 aromatic heterocycles. The number of sulfonamides is 1. The number of halogens is 1. The van der Waals surface area contributed by atoms with Gasteiger partial charge < -0.3 is 5.32 Å². The maximum atomic E-state index is 12.9. The number of carbonyl (C=O) groups is 1. The van der Waals surface area contributed by atoms with Gasteiger partial charge in [-0.05, 0) is 55.2 Å². The van der Waals surface area contributed by atoms with Crippen LogP contribution in [0.5, 0.6) is 0 Å². The first-order valence-electron chi connectivity index (χ1n) is 8.99. The monoisotopic (exact) mass is 406 g/mol. The summed E-state index contributed by atoms with van der Waals surface area (Å²) in [5.74, 6) is 0.373. The van der Waals surface area contributed by atoms with Gasteiger partial charge in [0, 0.05) is 29.4 Å². The van der Waals surface area contributed by atoms with Crippen molar-refractivity contribution in [3.05, 3.63) is 59.1 Å². The molecule has 5 nitrogen and oxygen atoms in total. The molecule has 0 atom stereocenters. The number of rotatable bonds is 6. The first-order chi connectivity index (χ1) is 12.9. The molecular formula is C20H23ClN2O3S. The average Bonchev–Trinajstić information content (AvgIpc) is 2.68. The largest absolute Gasteiger partial charge is 0.378 e. The zero-order valence-corrected chi connectivity index (χ0v) is 16.8. The second kappa shape index (κ2) is 8.42. The molecule has 27 heavy (non-hydrogen) atoms. The first-order valence-corrected chi connectivity index (χ1v) is 10.8. The molecule has 0 amide bonds. The van der Waals surface area contributed by atoms with Crippen LogP contribution in [0.2, 0.25) is 5.02 Å². The van der Waals surface area contributed by atoms with Gasteiger partial charge in [0.1, 0.15) is 0 Å². The van der Waals surface area contributed by atoms with Crippen molar-refractivity contribution in [2.75, 3.05) is 25.0 Å². The lowest BCUT2D eigenvalue weighted by atomic mass is 10.0. The lowest BCUT2D eigenvalue weighted by Gasteiger charge is -2.29. The number of hydrogen-bond donors (Lipinski definition) is 1. The van der Waals surface area contributed by atoms with E-state index in [1.807, 2.05) is 0 Å². The molecule has 1 fully saturated rings. The van der Waals surface area contributed by atoms with Gasteiger partial charge in [-0.1, -0.05) is 30.7 Å². The molecule has 0 spiro atoms. The third-order valence-corrected chi connectivity index (χ3v) is 6.98. The van der Waals surface area contributed by atoms with Gasteiger partial charge in [-0.2, -0.15) is 4.31 Å². The molecule has 2 aromatic carbocycles. The second-order valence-corrected chi connectivity index (χ2v) is 9.27. The van der Waals surface area contributed by atoms with E-state index in [0.717, 1.165) is 18.5 Å². The molecule has 1 heterocycles. The predicted molar refractivity (Wildman–Crippen MR) is 108 cm³/mol. The van der Waals surface area contributed by atoms with Gasteiger partial charge in [-0.15, -0.1) is 0 Å². The molecule has 1 saturated heterocycles. The average molecular weight is 407 g/mol. The van der Waals surface area contributed by atoms with Crippen molar-refractivity contribution in [2.24, 2.45) is 5.92 Å². The predicted octanol–water partition coefficient (Wildman–Crippen LogP) is 4.06. The molecule has 0 unspecified atom stereocenters. The van der Waals surface area contributed by atoms with Gasteiger partial charge in [0.05, 0.1) is 11.4 Å². The van der Waals surface area contributed by atoms with E-state index in [-0.39, 0.29) is 17.2 Å². The highest BCUT2D eigenvalue weighted by atomic mass is 35.5. The Labute approximate surface area is 165 Å². The maximum Gasteiger partial charge on any atom is 0.243 e. The summed E-state index contributed by atoms with van der Waals surface area (Å²) in [6, 6.07) is 13.3. The standard InChI is InChI=1S/C20H23ClN2O3S/c1-15-9-11-23(12-10-15)27(25,26)19-4-2-3-16(13-19)20(24)14-22-18-7-5-17(21)6-8-18/h2-8,13,15,22H,9-12,14H2,1H3. The third kappa shape index (κ3) is 4.89. The van der Waals surface area contributed by atoms with Crippen molar-refractivity contribution >= 4 is 33.1 Å². The third-order valence-electron chi connectivity index (χ3n) is 4.83. The molecule has 0 radical (unpaired) electrons. The number of anilines is 1. The molecule has 144 valence electrons. The molecule has 3 rings (SSSR count). The van der Waals surface area contributed by atoms with E-state index in [2.05, 4.69) is 12.2 Å². The number of Topliss-reactive ketones (excluding diaryl/α,β-unsaturated/α-hetero) is 1. The Morgan fingerprint density at radius 1 is 1.15 bits per heavy atom. The van der Waals surface area contributed by atoms with Crippen LogP contribution in [-0.2, 0) is 10.0 Å². The smallest absolute Gasteiger partial charge is 0.243 e. The fourth-order valence-electron chi connectivity index (χ4n) is 3.06. The van der Waals surface area contributed by atoms with Gasteiger partial charge in [0.2, 0.25) is 10.0 Å². The normalized spacial score (nSPS) is 16.2. The van der Waals surface area contributed by atoms with E-state index < -0.39 is 10.0 Å². The zero-order valence-electron chi connectivity index (χ0n) is 15.2. The zero-order chi connectivity index (χ0) is 19.4. The number of carbonyl (C=O) groups excluding carboxylic acids is 1. The van der Waals surface area contributed by atoms with E-state index in [1.165, 1.54) is 10.4 Å². The molecule has 1 aliphatic heterocycles. The summed E-state index contributed by atoms with van der Waals surface area (Å²) in [6.45, 7) is 3.27. The van der Waals surface area contributed by atoms with Crippen LogP contribution in [0.15, 0.2) is 53.4 Å². The minimum Gasteiger partial charge on any atom is -0.378 e. The van der Waals surface area contributed by atoms with Gasteiger partial charge in [0.25, 0.3) is 0 Å². The van der Waals surface area contributed by atoms with Crippen molar-refractivity contribution in [3.8, 4) is 0 Å². The number of piperidine rings is 1. The van der Waals surface area contributed by atoms with Crippen LogP contribution in [0, 0.1) is 5.92 Å². The van der Waals surface area contributed by atoms with Gasteiger partial charge in [-0.25, -0.2) is 8.42 Å². The lowest BCUT2D eigenvalue weighted by Crippen LogP contribution is -2.37. The fraction of sp³-hybridized carbons (Fsp3) is 0.350. The summed E-state index contributed by atoms with van der Waals surface area (Å²) in [5.41, 5.74) is 1.15. The molecule has 0 saturated carbocycles. The lowest BCUT2D eigenvalue weighted by molar-refractivity contribution is 0.101. The van der Waals surface area contributed by atoms with Crippen molar-refractivity contribution in [3.63, 3.8) is 0 Å². The molecule has 7 heteroatoms. The van der Waals surface area contributed by atoms with E-state index in [1.54, 1.807) is 42.5 Å². The second-order valence-electron chi connectivity index (χ2n) is 6.90. The summed E-state index contributed by atoms with van der Waals surface area (Å²) in [5, 5.41) is 3.65. The van der Waals surface area contributed by atoms with Gasteiger partial charge in [0.15, 0.2) is 5.78 Å². The van der Waals surface area contributed by atoms with Crippen LogP contribution in [-0.4, -0.2) is 38.1 Å². The highest BCUT2D eigenvalue weighted by Crippen LogP contribution is 2.24. The fourth-order valence-corrected chi connectivity index (χ4v) is 4.70. The van der Waals surface area contributed by atoms with E-state index in [0.29, 0.717) is 29.6 Å². The minimum absolute atomic E-state index is 0.0758. The Balaban J connectivity index is 1.70. The highest BCUT2D eigenvalue weighted by Gasteiger charge is 2.28. The molecular weight excluding hydrogens is 384 g/mol. The summed E-state index contributed by atoms with van der Waals surface area (Å²) >= 11 is 5.85. The number of ketones is 1. The van der Waals surface area contributed by atoms with Gasteiger partial charge in [-0.3, -0.25) is 4.79 Å². The summed E-state index contributed by atoms with van der Waals surface area (Å²) in [4.78, 5) is 12.7. The molecule has 0 bridgehead atoms. The Bertz CT molecular complexity index is 905. The number of nitrogens with zero attached hydrogens (tertiary/aromatic N) is 1. The quantitative estimate of drug-likeness (QED) is 0.735. The van der Waals surface area contributed by atoms with E-state index in [4.69, 9.17) is 11.6 Å². The van der Waals surface area contributed by atoms with E-state index >= 15 is 0 Å². The number of nitrogens with one attached hydrogen (secondary N) is 1. The Morgan fingerprint density at radius 2 is 1.81 bits per heavy atom. The van der Waals surface area contributed by atoms with Crippen LogP contribution < -0.4 is 5.32 Å². The number of hydrogen-bond acceptors (Lipinski definition) is 4. The first kappa shape index (κ1) is 19.9. The van der Waals surface area contributed by atoms with Crippen LogP contribution >= 0.6 is 11.6 Å². The van der Waals surface area contributed by atoms with Crippen LogP contribution in [0.3, 0.4) is 0 Å².